The number of hydrogen-bond acceptors (Lipinski definition) is 1. The van der Waals surface area contributed by atoms with Crippen molar-refractivity contribution in [2.24, 2.45) is 10.8 Å². The van der Waals surface area contributed by atoms with E-state index in [4.69, 9.17) is 0 Å². The maximum Gasteiger partial charge on any atom is 2.00 e. The van der Waals surface area contributed by atoms with Gasteiger partial charge in [-0.2, -0.15) is 5.57 Å². The van der Waals surface area contributed by atoms with Gasteiger partial charge in [-0.1, -0.05) is 44.3 Å². The van der Waals surface area contributed by atoms with E-state index in [1.165, 1.54) is 11.1 Å². The Bertz CT molecular complexity index is 328. The number of allylic oxidation sites excluding steroid dienone is 4. The Hall–Kier alpha value is -0.162. The maximum absolute atomic E-state index is 10.9. The van der Waals surface area contributed by atoms with Crippen molar-refractivity contribution in [3.8, 4) is 0 Å². The van der Waals surface area contributed by atoms with Crippen LogP contribution in [0.3, 0.4) is 0 Å². The maximum atomic E-state index is 10.9. The molecule has 0 bridgehead atoms. The fourth-order valence-corrected chi connectivity index (χ4v) is 1.96. The molecule has 0 fully saturated rings. The molecule has 0 spiro atoms. The third-order valence-corrected chi connectivity index (χ3v) is 3.75. The molecule has 0 aromatic carbocycles. The first-order chi connectivity index (χ1) is 6.23. The molecule has 0 N–H and O–H groups in total. The summed E-state index contributed by atoms with van der Waals surface area (Å²) in [6.07, 6.45) is 4.12. The minimum absolute atomic E-state index is 0. The van der Waals surface area contributed by atoms with Crippen LogP contribution in [0.2, 0.25) is 0 Å². The Morgan fingerprint density at radius 2 is 1.53 bits per heavy atom. The first-order valence-corrected chi connectivity index (χ1v) is 5.03. The number of rotatable bonds is 1. The summed E-state index contributed by atoms with van der Waals surface area (Å²) >= 11 is 0. The summed E-state index contributed by atoms with van der Waals surface area (Å²) < 4.78 is 0. The molecule has 0 saturated heterocycles. The van der Waals surface area contributed by atoms with Crippen LogP contribution in [0.15, 0.2) is 22.8 Å². The summed E-state index contributed by atoms with van der Waals surface area (Å²) in [7, 11) is 0. The summed E-state index contributed by atoms with van der Waals surface area (Å²) in [5.74, 6) is 0. The van der Waals surface area contributed by atoms with Crippen molar-refractivity contribution in [2.45, 2.75) is 41.5 Å². The van der Waals surface area contributed by atoms with Gasteiger partial charge in [0.25, 0.3) is 0 Å². The molecule has 0 aliphatic heterocycles. The van der Waals surface area contributed by atoms with Crippen molar-refractivity contribution >= 4 is 6.29 Å². The summed E-state index contributed by atoms with van der Waals surface area (Å²) in [6, 6.07) is 0. The van der Waals surface area contributed by atoms with Gasteiger partial charge in [0, 0.05) is 0 Å². The van der Waals surface area contributed by atoms with Gasteiger partial charge >= 0.3 is 21.1 Å². The van der Waals surface area contributed by atoms with Crippen molar-refractivity contribution in [1.82, 2.24) is 0 Å². The van der Waals surface area contributed by atoms with Crippen LogP contribution in [0.5, 0.6) is 0 Å². The molecule has 0 atom stereocenters. The van der Waals surface area contributed by atoms with Crippen LogP contribution in [0.25, 0.3) is 0 Å². The van der Waals surface area contributed by atoms with Crippen molar-refractivity contribution in [1.29, 1.82) is 0 Å². The van der Waals surface area contributed by atoms with Crippen LogP contribution in [0, 0.1) is 10.8 Å². The molecule has 1 aliphatic rings. The Morgan fingerprint density at radius 1 is 1.07 bits per heavy atom. The van der Waals surface area contributed by atoms with Crippen molar-refractivity contribution in [3.05, 3.63) is 22.8 Å². The molecular formula is C13H19OW+. The Labute approximate surface area is 107 Å². The Morgan fingerprint density at radius 3 is 1.93 bits per heavy atom. The fraction of sp³-hybridized carbons (Fsp3) is 0.615. The molecule has 2 heteroatoms. The van der Waals surface area contributed by atoms with Crippen LogP contribution >= 0.6 is 0 Å². The molecule has 0 radical (unpaired) electrons. The monoisotopic (exact) mass is 375 g/mol. The van der Waals surface area contributed by atoms with Crippen molar-refractivity contribution in [2.75, 3.05) is 0 Å². The summed E-state index contributed by atoms with van der Waals surface area (Å²) in [4.78, 5) is 10.9. The first-order valence-electron chi connectivity index (χ1n) is 5.03. The quantitative estimate of drug-likeness (QED) is 0.507. The average molecular weight is 375 g/mol. The molecule has 0 saturated carbocycles. The van der Waals surface area contributed by atoms with E-state index in [-0.39, 0.29) is 31.9 Å². The van der Waals surface area contributed by atoms with Crippen molar-refractivity contribution < 1.29 is 25.9 Å². The summed E-state index contributed by atoms with van der Waals surface area (Å²) in [5.41, 5.74) is 3.28. The van der Waals surface area contributed by atoms with Gasteiger partial charge in [0.1, 0.15) is 0 Å². The minimum Gasteiger partial charge on any atom is -0.419 e. The van der Waals surface area contributed by atoms with Crippen LogP contribution < -0.4 is 0 Å². The molecule has 1 rings (SSSR count). The largest absolute Gasteiger partial charge is 2.00 e. The SMILES string of the molecule is CC1=C(C)C(C)(C)C([C-]=O)=CC1(C)C.[W+2]. The van der Waals surface area contributed by atoms with Crippen LogP contribution in [0.1, 0.15) is 41.5 Å². The first kappa shape index (κ1) is 14.8. The second kappa shape index (κ2) is 4.37. The van der Waals surface area contributed by atoms with Gasteiger partial charge < -0.3 is 4.79 Å². The zero-order valence-corrected chi connectivity index (χ0v) is 13.3. The van der Waals surface area contributed by atoms with E-state index in [2.05, 4.69) is 47.8 Å². The van der Waals surface area contributed by atoms with Crippen molar-refractivity contribution in [3.63, 3.8) is 0 Å². The van der Waals surface area contributed by atoms with E-state index in [9.17, 15) is 4.79 Å². The molecule has 0 aromatic rings. The smallest absolute Gasteiger partial charge is 0.419 e. The molecule has 15 heavy (non-hydrogen) atoms. The van der Waals surface area contributed by atoms with Gasteiger partial charge in [-0.3, -0.25) is 0 Å². The summed E-state index contributed by atoms with van der Waals surface area (Å²) in [6.45, 7) is 12.7. The molecule has 0 aromatic heterocycles. The van der Waals surface area contributed by atoms with Gasteiger partial charge in [0.05, 0.1) is 0 Å². The topological polar surface area (TPSA) is 17.1 Å². The molecule has 0 amide bonds. The summed E-state index contributed by atoms with van der Waals surface area (Å²) in [5, 5.41) is 0. The van der Waals surface area contributed by atoms with Gasteiger partial charge in [-0.25, -0.2) is 6.08 Å². The van der Waals surface area contributed by atoms with E-state index >= 15 is 0 Å². The second-order valence-electron chi connectivity index (χ2n) is 5.26. The van der Waals surface area contributed by atoms with Gasteiger partial charge in [-0.05, 0) is 25.5 Å². The van der Waals surface area contributed by atoms with E-state index in [0.29, 0.717) is 0 Å². The predicted octanol–water partition coefficient (Wildman–Crippen LogP) is 3.42. The van der Waals surface area contributed by atoms with E-state index in [0.717, 1.165) is 5.57 Å². The Kier molecular flexibility index (Phi) is 4.33. The Balaban J connectivity index is 0.00000196. The van der Waals surface area contributed by atoms with Crippen LogP contribution in [-0.4, -0.2) is 6.29 Å². The van der Waals surface area contributed by atoms with Crippen LogP contribution in [-0.2, 0) is 25.9 Å². The third kappa shape index (κ3) is 2.33. The van der Waals surface area contributed by atoms with E-state index < -0.39 is 0 Å². The number of hydrogen-bond donors (Lipinski definition) is 0. The van der Waals surface area contributed by atoms with Gasteiger partial charge in [-0.15, -0.1) is 0 Å². The van der Waals surface area contributed by atoms with E-state index in [1.807, 2.05) is 6.08 Å². The normalized spacial score (nSPS) is 22.9. The van der Waals surface area contributed by atoms with E-state index in [1.54, 1.807) is 0 Å². The molecule has 1 aliphatic carbocycles. The van der Waals surface area contributed by atoms with Gasteiger partial charge in [0.15, 0.2) is 0 Å². The molecular weight excluding hydrogens is 356 g/mol. The second-order valence-corrected chi connectivity index (χ2v) is 5.26. The van der Waals surface area contributed by atoms with Crippen LogP contribution in [0.4, 0.5) is 0 Å². The molecule has 0 unspecified atom stereocenters. The predicted molar refractivity (Wildman–Crippen MR) is 59.7 cm³/mol. The standard InChI is InChI=1S/C13H19O.W/c1-9-10(2)13(5,6)11(8-14)7-12(9,3)4;/h7H,1-6H3;/q-1;+2. The zero-order valence-electron chi connectivity index (χ0n) is 10.4. The molecule has 1 nitrogen and oxygen atoms in total. The molecule has 82 valence electrons. The minimum atomic E-state index is -0.151. The average Bonchev–Trinajstić information content (AvgIpc) is 2.09. The number of carbonyl (C=O) groups excluding carboxylic acids is 1. The molecule has 0 heterocycles. The van der Waals surface area contributed by atoms with Gasteiger partial charge in [0.2, 0.25) is 0 Å². The zero-order chi connectivity index (χ0) is 11.1. The fourth-order valence-electron chi connectivity index (χ4n) is 1.96. The third-order valence-electron chi connectivity index (χ3n) is 3.75.